The van der Waals surface area contributed by atoms with Gasteiger partial charge in [-0.15, -0.1) is 0 Å². The van der Waals surface area contributed by atoms with Crippen LogP contribution in [-0.2, 0) is 12.0 Å². The number of hydrogen-bond donors (Lipinski definition) is 2. The Labute approximate surface area is 111 Å². The molecule has 0 atom stereocenters. The molecule has 0 spiro atoms. The Morgan fingerprint density at radius 1 is 1.33 bits per heavy atom. The highest BCUT2D eigenvalue weighted by Crippen LogP contribution is 2.22. The lowest BCUT2D eigenvalue weighted by molar-refractivity contribution is 0.546. The van der Waals surface area contributed by atoms with E-state index < -0.39 is 0 Å². The van der Waals surface area contributed by atoms with Gasteiger partial charge in [0.2, 0.25) is 0 Å². The first-order chi connectivity index (χ1) is 8.45. The zero-order valence-corrected chi connectivity index (χ0v) is 11.4. The van der Waals surface area contributed by atoms with Crippen LogP contribution in [0.25, 0.3) is 0 Å². The van der Waals surface area contributed by atoms with Crippen LogP contribution in [-0.4, -0.2) is 19.9 Å². The second-order valence-corrected chi connectivity index (χ2v) is 5.43. The molecule has 0 unspecified atom stereocenters. The number of aromatic amines is 1. The molecule has 0 bridgehead atoms. The SMILES string of the molecule is CC(C)(C)c1nc(Cl)cc(NCc2ncc[nH]2)n1. The van der Waals surface area contributed by atoms with Gasteiger partial charge < -0.3 is 10.3 Å². The molecule has 2 rings (SSSR count). The normalized spacial score (nSPS) is 11.6. The van der Waals surface area contributed by atoms with Crippen molar-refractivity contribution in [3.63, 3.8) is 0 Å². The summed E-state index contributed by atoms with van der Waals surface area (Å²) >= 11 is 6.00. The largest absolute Gasteiger partial charge is 0.363 e. The molecule has 2 heterocycles. The minimum atomic E-state index is -0.133. The van der Waals surface area contributed by atoms with Gasteiger partial charge in [0.15, 0.2) is 0 Å². The van der Waals surface area contributed by atoms with E-state index in [1.54, 1.807) is 18.5 Å². The Morgan fingerprint density at radius 2 is 2.11 bits per heavy atom. The molecular weight excluding hydrogens is 250 g/mol. The topological polar surface area (TPSA) is 66.5 Å². The quantitative estimate of drug-likeness (QED) is 0.838. The van der Waals surface area contributed by atoms with Crippen LogP contribution < -0.4 is 5.32 Å². The summed E-state index contributed by atoms with van der Waals surface area (Å²) in [7, 11) is 0. The van der Waals surface area contributed by atoms with E-state index in [0.29, 0.717) is 17.5 Å². The summed E-state index contributed by atoms with van der Waals surface area (Å²) in [6, 6.07) is 1.71. The van der Waals surface area contributed by atoms with Crippen molar-refractivity contribution in [3.05, 3.63) is 35.3 Å². The molecule has 18 heavy (non-hydrogen) atoms. The van der Waals surface area contributed by atoms with Gasteiger partial charge in [-0.25, -0.2) is 15.0 Å². The van der Waals surface area contributed by atoms with Crippen LogP contribution >= 0.6 is 11.6 Å². The van der Waals surface area contributed by atoms with Crippen LogP contribution in [0.1, 0.15) is 32.4 Å². The fraction of sp³-hybridized carbons (Fsp3) is 0.417. The second-order valence-electron chi connectivity index (χ2n) is 5.04. The van der Waals surface area contributed by atoms with Crippen molar-refractivity contribution in [3.8, 4) is 0 Å². The maximum absolute atomic E-state index is 6.00. The maximum atomic E-state index is 6.00. The standard InChI is InChI=1S/C12H16ClN5/c1-12(2,3)11-17-8(13)6-9(18-11)16-7-10-14-4-5-15-10/h4-6H,7H2,1-3H3,(H,14,15)(H,16,17,18). The van der Waals surface area contributed by atoms with E-state index in [4.69, 9.17) is 11.6 Å². The fourth-order valence-electron chi connectivity index (χ4n) is 1.41. The van der Waals surface area contributed by atoms with Gasteiger partial charge in [-0.3, -0.25) is 0 Å². The third kappa shape index (κ3) is 3.20. The summed E-state index contributed by atoms with van der Waals surface area (Å²) in [6.45, 7) is 6.73. The highest BCUT2D eigenvalue weighted by atomic mass is 35.5. The number of nitrogens with zero attached hydrogens (tertiary/aromatic N) is 3. The van der Waals surface area contributed by atoms with Crippen molar-refractivity contribution in [1.29, 1.82) is 0 Å². The van der Waals surface area contributed by atoms with Crippen molar-refractivity contribution in [2.75, 3.05) is 5.32 Å². The van der Waals surface area contributed by atoms with Crippen LogP contribution in [0.15, 0.2) is 18.5 Å². The molecule has 0 fully saturated rings. The first kappa shape index (κ1) is 12.8. The minimum Gasteiger partial charge on any atom is -0.363 e. The van der Waals surface area contributed by atoms with E-state index in [1.165, 1.54) is 0 Å². The van der Waals surface area contributed by atoms with Crippen LogP contribution in [0.2, 0.25) is 5.15 Å². The summed E-state index contributed by atoms with van der Waals surface area (Å²) in [6.07, 6.45) is 3.50. The molecule has 96 valence electrons. The van der Waals surface area contributed by atoms with Crippen LogP contribution in [0.3, 0.4) is 0 Å². The lowest BCUT2D eigenvalue weighted by Crippen LogP contribution is -2.17. The molecular formula is C12H16ClN5. The molecule has 0 aliphatic carbocycles. The Hall–Kier alpha value is -1.62. The molecule has 2 aromatic heterocycles. The number of hydrogen-bond acceptors (Lipinski definition) is 4. The van der Waals surface area contributed by atoms with Crippen molar-refractivity contribution in [1.82, 2.24) is 19.9 Å². The molecule has 0 aliphatic heterocycles. The van der Waals surface area contributed by atoms with Crippen molar-refractivity contribution < 1.29 is 0 Å². The number of H-pyrrole nitrogens is 1. The predicted molar refractivity (Wildman–Crippen MR) is 71.7 cm³/mol. The van der Waals surface area contributed by atoms with Gasteiger partial charge in [-0.05, 0) is 0 Å². The molecule has 0 saturated heterocycles. The van der Waals surface area contributed by atoms with E-state index in [-0.39, 0.29) is 5.41 Å². The van der Waals surface area contributed by atoms with E-state index in [2.05, 4.69) is 46.0 Å². The van der Waals surface area contributed by atoms with Crippen molar-refractivity contribution >= 4 is 17.4 Å². The Bertz CT molecular complexity index is 516. The number of aromatic nitrogens is 4. The molecule has 2 N–H and O–H groups in total. The molecule has 0 radical (unpaired) electrons. The van der Waals surface area contributed by atoms with Gasteiger partial charge >= 0.3 is 0 Å². The second kappa shape index (κ2) is 4.94. The van der Waals surface area contributed by atoms with Crippen LogP contribution in [0.5, 0.6) is 0 Å². The molecule has 0 saturated carbocycles. The number of anilines is 1. The zero-order valence-electron chi connectivity index (χ0n) is 10.7. The van der Waals surface area contributed by atoms with E-state index >= 15 is 0 Å². The number of rotatable bonds is 3. The lowest BCUT2D eigenvalue weighted by atomic mass is 9.96. The maximum Gasteiger partial charge on any atom is 0.137 e. The average Bonchev–Trinajstić information content (AvgIpc) is 2.77. The Kier molecular flexibility index (Phi) is 3.52. The van der Waals surface area contributed by atoms with Gasteiger partial charge in [-0.1, -0.05) is 32.4 Å². The highest BCUT2D eigenvalue weighted by Gasteiger charge is 2.18. The number of nitrogens with one attached hydrogen (secondary N) is 2. The first-order valence-electron chi connectivity index (χ1n) is 5.72. The molecule has 0 amide bonds. The molecule has 2 aromatic rings. The molecule has 5 nitrogen and oxygen atoms in total. The molecule has 0 aromatic carbocycles. The van der Waals surface area contributed by atoms with Crippen molar-refractivity contribution in [2.45, 2.75) is 32.7 Å². The smallest absolute Gasteiger partial charge is 0.137 e. The van der Waals surface area contributed by atoms with E-state index in [9.17, 15) is 0 Å². The number of halogens is 1. The van der Waals surface area contributed by atoms with E-state index in [0.717, 1.165) is 11.6 Å². The van der Waals surface area contributed by atoms with Crippen LogP contribution in [0, 0.1) is 0 Å². The third-order valence-corrected chi connectivity index (χ3v) is 2.55. The monoisotopic (exact) mass is 265 g/mol. The lowest BCUT2D eigenvalue weighted by Gasteiger charge is -2.17. The van der Waals surface area contributed by atoms with Gasteiger partial charge in [-0.2, -0.15) is 0 Å². The average molecular weight is 266 g/mol. The highest BCUT2D eigenvalue weighted by molar-refractivity contribution is 6.29. The molecule has 6 heteroatoms. The van der Waals surface area contributed by atoms with Gasteiger partial charge in [0, 0.05) is 23.9 Å². The van der Waals surface area contributed by atoms with Gasteiger partial charge in [0.1, 0.15) is 22.6 Å². The zero-order chi connectivity index (χ0) is 13.2. The van der Waals surface area contributed by atoms with E-state index in [1.807, 2.05) is 0 Å². The summed E-state index contributed by atoms with van der Waals surface area (Å²) in [4.78, 5) is 15.8. The van der Waals surface area contributed by atoms with Crippen LogP contribution in [0.4, 0.5) is 5.82 Å². The Morgan fingerprint density at radius 3 is 2.72 bits per heavy atom. The first-order valence-corrected chi connectivity index (χ1v) is 6.10. The summed E-state index contributed by atoms with van der Waals surface area (Å²) < 4.78 is 0. The Balaban J connectivity index is 2.15. The summed E-state index contributed by atoms with van der Waals surface area (Å²) in [5.41, 5.74) is -0.133. The molecule has 0 aliphatic rings. The van der Waals surface area contributed by atoms with Gasteiger partial charge in [0.25, 0.3) is 0 Å². The minimum absolute atomic E-state index is 0.133. The third-order valence-electron chi connectivity index (χ3n) is 2.36. The number of imidazole rings is 1. The van der Waals surface area contributed by atoms with Crippen molar-refractivity contribution in [2.24, 2.45) is 0 Å². The summed E-state index contributed by atoms with van der Waals surface area (Å²) in [5, 5.41) is 3.61. The summed E-state index contributed by atoms with van der Waals surface area (Å²) in [5.74, 6) is 2.27. The fourth-order valence-corrected chi connectivity index (χ4v) is 1.60. The van der Waals surface area contributed by atoms with Gasteiger partial charge in [0.05, 0.1) is 6.54 Å². The predicted octanol–water partition coefficient (Wildman–Crippen LogP) is 2.76.